The number of nitrogens with zero attached hydrogens (tertiary/aromatic N) is 1. The van der Waals surface area contributed by atoms with E-state index < -0.39 is 0 Å². The van der Waals surface area contributed by atoms with E-state index in [4.69, 9.17) is 27.9 Å². The number of ether oxygens (including phenoxy) is 1. The highest BCUT2D eigenvalue weighted by molar-refractivity contribution is 6.33. The SMILES string of the molecule is CO[C@H]1C[C@@H](CO)N(C(=O)Cc2cc(Cl)ccc2Cl)C1. The number of likely N-dealkylation sites (tertiary alicyclic amines) is 1. The molecule has 0 unspecified atom stereocenters. The lowest BCUT2D eigenvalue weighted by Gasteiger charge is -2.23. The molecular formula is C14H17Cl2NO3. The van der Waals surface area contributed by atoms with Crippen LogP contribution in [0.5, 0.6) is 0 Å². The molecule has 4 nitrogen and oxygen atoms in total. The van der Waals surface area contributed by atoms with Crippen LogP contribution in [0.2, 0.25) is 10.0 Å². The third-order valence-electron chi connectivity index (χ3n) is 3.59. The van der Waals surface area contributed by atoms with Gasteiger partial charge in [-0.3, -0.25) is 4.79 Å². The van der Waals surface area contributed by atoms with Crippen molar-refractivity contribution in [2.24, 2.45) is 0 Å². The molecule has 6 heteroatoms. The minimum Gasteiger partial charge on any atom is -0.394 e. The number of amides is 1. The van der Waals surface area contributed by atoms with E-state index in [2.05, 4.69) is 0 Å². The van der Waals surface area contributed by atoms with Gasteiger partial charge in [0, 0.05) is 23.7 Å². The Morgan fingerprint density at radius 1 is 1.50 bits per heavy atom. The Morgan fingerprint density at radius 3 is 2.90 bits per heavy atom. The third-order valence-corrected chi connectivity index (χ3v) is 4.19. The van der Waals surface area contributed by atoms with E-state index in [1.165, 1.54) is 0 Å². The van der Waals surface area contributed by atoms with Crippen molar-refractivity contribution in [2.45, 2.75) is 25.0 Å². The molecule has 0 aliphatic carbocycles. The number of benzene rings is 1. The van der Waals surface area contributed by atoms with Crippen LogP contribution < -0.4 is 0 Å². The van der Waals surface area contributed by atoms with Gasteiger partial charge in [0.25, 0.3) is 0 Å². The molecule has 1 aliphatic rings. The standard InChI is InChI=1S/C14H17Cl2NO3/c1-20-12-6-11(8-18)17(7-12)14(19)5-9-4-10(15)2-3-13(9)16/h2-4,11-12,18H,5-8H2,1H3/t11-,12-/m0/s1. The molecule has 110 valence electrons. The molecule has 1 heterocycles. The smallest absolute Gasteiger partial charge is 0.227 e. The summed E-state index contributed by atoms with van der Waals surface area (Å²) in [7, 11) is 1.61. The number of aliphatic hydroxyl groups excluding tert-OH is 1. The van der Waals surface area contributed by atoms with Gasteiger partial charge in [-0.05, 0) is 30.2 Å². The van der Waals surface area contributed by atoms with E-state index >= 15 is 0 Å². The summed E-state index contributed by atoms with van der Waals surface area (Å²) in [6, 6.07) is 4.87. The largest absolute Gasteiger partial charge is 0.394 e. The highest BCUT2D eigenvalue weighted by Crippen LogP contribution is 2.24. The van der Waals surface area contributed by atoms with Gasteiger partial charge in [-0.1, -0.05) is 23.2 Å². The van der Waals surface area contributed by atoms with Crippen LogP contribution in [0.4, 0.5) is 0 Å². The lowest BCUT2D eigenvalue weighted by Crippen LogP contribution is -2.39. The minimum absolute atomic E-state index is 0.0223. The fraction of sp³-hybridized carbons (Fsp3) is 0.500. The summed E-state index contributed by atoms with van der Waals surface area (Å²) in [5.41, 5.74) is 0.696. The molecule has 0 bridgehead atoms. The number of hydrogen-bond acceptors (Lipinski definition) is 3. The maximum Gasteiger partial charge on any atom is 0.227 e. The van der Waals surface area contributed by atoms with Gasteiger partial charge in [-0.15, -0.1) is 0 Å². The van der Waals surface area contributed by atoms with Crippen LogP contribution in [0.15, 0.2) is 18.2 Å². The summed E-state index contributed by atoms with van der Waals surface area (Å²) in [5.74, 6) is -0.0761. The first-order chi connectivity index (χ1) is 9.55. The molecule has 1 aromatic rings. The van der Waals surface area contributed by atoms with Gasteiger partial charge < -0.3 is 14.7 Å². The lowest BCUT2D eigenvalue weighted by molar-refractivity contribution is -0.132. The summed E-state index contributed by atoms with van der Waals surface area (Å²) in [6.45, 7) is 0.438. The molecule has 1 aliphatic heterocycles. The Balaban J connectivity index is 2.09. The van der Waals surface area contributed by atoms with Crippen molar-refractivity contribution in [1.29, 1.82) is 0 Å². The first kappa shape index (κ1) is 15.6. The van der Waals surface area contributed by atoms with Crippen molar-refractivity contribution in [3.8, 4) is 0 Å². The number of methoxy groups -OCH3 is 1. The van der Waals surface area contributed by atoms with Gasteiger partial charge >= 0.3 is 0 Å². The highest BCUT2D eigenvalue weighted by Gasteiger charge is 2.34. The van der Waals surface area contributed by atoms with Crippen LogP contribution in [0, 0.1) is 0 Å². The maximum atomic E-state index is 12.4. The quantitative estimate of drug-likeness (QED) is 0.925. The summed E-state index contributed by atoms with van der Waals surface area (Å²) < 4.78 is 5.26. The fourth-order valence-electron chi connectivity index (χ4n) is 2.47. The number of aliphatic hydroxyl groups is 1. The normalized spacial score (nSPS) is 22.3. The Labute approximate surface area is 128 Å². The first-order valence-corrected chi connectivity index (χ1v) is 7.17. The summed E-state index contributed by atoms with van der Waals surface area (Å²) in [6.07, 6.45) is 0.805. The molecule has 20 heavy (non-hydrogen) atoms. The minimum atomic E-state index is -0.189. The van der Waals surface area contributed by atoms with E-state index in [1.807, 2.05) is 0 Å². The Bertz CT molecular complexity index is 495. The zero-order chi connectivity index (χ0) is 14.7. The first-order valence-electron chi connectivity index (χ1n) is 6.42. The van der Waals surface area contributed by atoms with Crippen molar-refractivity contribution in [1.82, 2.24) is 4.90 Å². The molecule has 1 aromatic carbocycles. The molecular weight excluding hydrogens is 301 g/mol. The second-order valence-electron chi connectivity index (χ2n) is 4.89. The summed E-state index contributed by atoms with van der Waals surface area (Å²) >= 11 is 12.0. The predicted molar refractivity (Wildman–Crippen MR) is 78.2 cm³/mol. The molecule has 1 amide bonds. The van der Waals surface area contributed by atoms with E-state index in [9.17, 15) is 9.90 Å². The highest BCUT2D eigenvalue weighted by atomic mass is 35.5. The zero-order valence-electron chi connectivity index (χ0n) is 11.2. The topological polar surface area (TPSA) is 49.8 Å². The van der Waals surface area contributed by atoms with Crippen LogP contribution in [0.1, 0.15) is 12.0 Å². The van der Waals surface area contributed by atoms with Crippen molar-refractivity contribution < 1.29 is 14.6 Å². The van der Waals surface area contributed by atoms with Crippen molar-refractivity contribution in [3.05, 3.63) is 33.8 Å². The Morgan fingerprint density at radius 2 is 2.25 bits per heavy atom. The average Bonchev–Trinajstić information content (AvgIpc) is 2.86. The van der Waals surface area contributed by atoms with Gasteiger partial charge in [-0.2, -0.15) is 0 Å². The molecule has 2 atom stereocenters. The monoisotopic (exact) mass is 317 g/mol. The lowest BCUT2D eigenvalue weighted by atomic mass is 10.1. The van der Waals surface area contributed by atoms with Crippen LogP contribution in [0.25, 0.3) is 0 Å². The molecule has 0 spiro atoms. The second kappa shape index (κ2) is 6.76. The van der Waals surface area contributed by atoms with E-state index in [1.54, 1.807) is 30.2 Å². The molecule has 1 N–H and O–H groups in total. The number of carbonyl (C=O) groups excluding carboxylic acids is 1. The molecule has 0 saturated carbocycles. The summed E-state index contributed by atoms with van der Waals surface area (Å²) in [4.78, 5) is 14.0. The number of carbonyl (C=O) groups is 1. The number of hydrogen-bond donors (Lipinski definition) is 1. The molecule has 0 aromatic heterocycles. The van der Waals surface area contributed by atoms with Gasteiger partial charge in [-0.25, -0.2) is 0 Å². The maximum absolute atomic E-state index is 12.4. The van der Waals surface area contributed by atoms with Gasteiger partial charge in [0.1, 0.15) is 0 Å². The van der Waals surface area contributed by atoms with Crippen molar-refractivity contribution in [2.75, 3.05) is 20.3 Å². The van der Waals surface area contributed by atoms with Crippen LogP contribution in [0.3, 0.4) is 0 Å². The molecule has 1 fully saturated rings. The van der Waals surface area contributed by atoms with Crippen LogP contribution >= 0.6 is 23.2 Å². The van der Waals surface area contributed by atoms with Crippen LogP contribution in [-0.2, 0) is 16.0 Å². The van der Waals surface area contributed by atoms with Gasteiger partial charge in [0.15, 0.2) is 0 Å². The predicted octanol–water partition coefficient (Wildman–Crippen LogP) is 2.14. The van der Waals surface area contributed by atoms with E-state index in [-0.39, 0.29) is 31.1 Å². The van der Waals surface area contributed by atoms with Gasteiger partial charge in [0.2, 0.25) is 5.91 Å². The Hall–Kier alpha value is -0.810. The van der Waals surface area contributed by atoms with Crippen LogP contribution in [-0.4, -0.2) is 48.3 Å². The van der Waals surface area contributed by atoms with E-state index in [0.717, 1.165) is 0 Å². The third kappa shape index (κ3) is 3.44. The number of halogens is 2. The van der Waals surface area contributed by atoms with Gasteiger partial charge in [0.05, 0.1) is 25.2 Å². The number of rotatable bonds is 4. The molecule has 1 saturated heterocycles. The molecule has 2 rings (SSSR count). The van der Waals surface area contributed by atoms with Crippen molar-refractivity contribution >= 4 is 29.1 Å². The van der Waals surface area contributed by atoms with Crippen molar-refractivity contribution in [3.63, 3.8) is 0 Å². The Kier molecular flexibility index (Phi) is 5.27. The second-order valence-corrected chi connectivity index (χ2v) is 5.73. The summed E-state index contributed by atoms with van der Waals surface area (Å²) in [5, 5.41) is 10.4. The molecule has 0 radical (unpaired) electrons. The zero-order valence-corrected chi connectivity index (χ0v) is 12.7. The fourth-order valence-corrected chi connectivity index (χ4v) is 2.85. The van der Waals surface area contributed by atoms with E-state index in [0.29, 0.717) is 28.6 Å². The average molecular weight is 318 g/mol.